The third-order valence-electron chi connectivity index (χ3n) is 4.46. The number of nitrogens with one attached hydrogen (secondary N) is 1. The summed E-state index contributed by atoms with van der Waals surface area (Å²) in [5, 5.41) is 3.84. The fourth-order valence-corrected chi connectivity index (χ4v) is 3.96. The first-order valence-electron chi connectivity index (χ1n) is 8.77. The van der Waals surface area contributed by atoms with Crippen molar-refractivity contribution in [1.29, 1.82) is 0 Å². The van der Waals surface area contributed by atoms with Gasteiger partial charge in [0.1, 0.15) is 5.01 Å². The van der Waals surface area contributed by atoms with Crippen molar-refractivity contribution in [2.24, 2.45) is 0 Å². The Morgan fingerprint density at radius 1 is 1.11 bits per heavy atom. The topological polar surface area (TPSA) is 60.5 Å². The zero-order chi connectivity index (χ0) is 18.8. The number of ether oxygens (including phenoxy) is 2. The molecule has 6 heteroatoms. The van der Waals surface area contributed by atoms with E-state index in [0.29, 0.717) is 23.6 Å². The number of rotatable bonds is 5. The van der Waals surface area contributed by atoms with Gasteiger partial charge in [0, 0.05) is 16.9 Å². The molecule has 0 bridgehead atoms. The minimum atomic E-state index is -0.152. The van der Waals surface area contributed by atoms with Gasteiger partial charge in [-0.3, -0.25) is 4.79 Å². The van der Waals surface area contributed by atoms with Gasteiger partial charge in [-0.1, -0.05) is 29.8 Å². The van der Waals surface area contributed by atoms with Crippen molar-refractivity contribution in [3.05, 3.63) is 74.7 Å². The highest BCUT2D eigenvalue weighted by molar-refractivity contribution is 7.11. The highest BCUT2D eigenvalue weighted by atomic mass is 32.1. The second-order valence-corrected chi connectivity index (χ2v) is 7.70. The summed E-state index contributed by atoms with van der Waals surface area (Å²) in [6.07, 6.45) is 0.861. The van der Waals surface area contributed by atoms with Crippen molar-refractivity contribution in [3.8, 4) is 11.5 Å². The molecule has 1 aliphatic heterocycles. The largest absolute Gasteiger partial charge is 0.454 e. The van der Waals surface area contributed by atoms with Crippen molar-refractivity contribution < 1.29 is 14.3 Å². The Labute approximate surface area is 162 Å². The van der Waals surface area contributed by atoms with E-state index in [2.05, 4.69) is 41.5 Å². The number of benzene rings is 2. The number of carbonyl (C=O) groups is 1. The summed E-state index contributed by atoms with van der Waals surface area (Å²) >= 11 is 1.65. The third-order valence-corrected chi connectivity index (χ3v) is 5.61. The van der Waals surface area contributed by atoms with E-state index >= 15 is 0 Å². The van der Waals surface area contributed by atoms with Gasteiger partial charge in [0.05, 0.1) is 12.2 Å². The third kappa shape index (κ3) is 3.95. The predicted molar refractivity (Wildman–Crippen MR) is 105 cm³/mol. The number of fused-ring (bicyclic) bond motifs is 1. The molecular weight excluding hydrogens is 360 g/mol. The lowest BCUT2D eigenvalue weighted by Crippen LogP contribution is -2.22. The second-order valence-electron chi connectivity index (χ2n) is 6.53. The molecule has 0 unspecified atom stereocenters. The van der Waals surface area contributed by atoms with Crippen LogP contribution in [0.5, 0.6) is 11.5 Å². The molecule has 138 valence electrons. The minimum Gasteiger partial charge on any atom is -0.454 e. The summed E-state index contributed by atoms with van der Waals surface area (Å²) in [6.45, 7) is 4.71. The number of aromatic nitrogens is 1. The molecule has 1 aromatic heterocycles. The van der Waals surface area contributed by atoms with E-state index in [4.69, 9.17) is 9.47 Å². The van der Waals surface area contributed by atoms with Crippen LogP contribution < -0.4 is 14.8 Å². The molecule has 1 N–H and O–H groups in total. The molecule has 0 fully saturated rings. The van der Waals surface area contributed by atoms with Gasteiger partial charge in [-0.2, -0.15) is 0 Å². The summed E-state index contributed by atoms with van der Waals surface area (Å²) in [7, 11) is 0. The lowest BCUT2D eigenvalue weighted by Gasteiger charge is -2.04. The molecule has 2 aromatic carbocycles. The lowest BCUT2D eigenvalue weighted by atomic mass is 10.1. The van der Waals surface area contributed by atoms with Gasteiger partial charge in [0.15, 0.2) is 11.5 Å². The van der Waals surface area contributed by atoms with Crippen molar-refractivity contribution in [1.82, 2.24) is 10.3 Å². The number of hydrogen-bond donors (Lipinski definition) is 1. The van der Waals surface area contributed by atoms with Crippen molar-refractivity contribution >= 4 is 17.2 Å². The molecule has 4 rings (SSSR count). The summed E-state index contributed by atoms with van der Waals surface area (Å²) in [6, 6.07) is 13.7. The number of carbonyl (C=O) groups excluding carboxylic acids is 1. The van der Waals surface area contributed by atoms with Crippen LogP contribution in [-0.2, 0) is 13.0 Å². The molecule has 2 heterocycles. The van der Waals surface area contributed by atoms with Gasteiger partial charge in [-0.25, -0.2) is 4.98 Å². The number of aryl methyl sites for hydroxylation is 2. The molecule has 0 radical (unpaired) electrons. The molecule has 0 spiro atoms. The molecule has 0 saturated carbocycles. The van der Waals surface area contributed by atoms with Crippen molar-refractivity contribution in [2.45, 2.75) is 26.8 Å². The van der Waals surface area contributed by atoms with Gasteiger partial charge in [0.25, 0.3) is 5.91 Å². The predicted octanol–water partition coefficient (Wildman–Crippen LogP) is 4.01. The van der Waals surface area contributed by atoms with Gasteiger partial charge < -0.3 is 14.8 Å². The zero-order valence-electron chi connectivity index (χ0n) is 15.2. The standard InChI is InChI=1S/C21H20N2O3S/c1-13-3-5-15(6-4-13)9-19-14(2)23-20(27-19)11-22-21(24)16-7-8-17-18(10-16)26-12-25-17/h3-8,10H,9,11-12H2,1-2H3,(H,22,24). The first kappa shape index (κ1) is 17.5. The quantitative estimate of drug-likeness (QED) is 0.727. The number of nitrogens with zero attached hydrogens (tertiary/aromatic N) is 1. The van der Waals surface area contributed by atoms with Gasteiger partial charge >= 0.3 is 0 Å². The Morgan fingerprint density at radius 2 is 1.89 bits per heavy atom. The van der Waals surface area contributed by atoms with E-state index in [9.17, 15) is 4.79 Å². The molecule has 1 amide bonds. The van der Waals surface area contributed by atoms with E-state index in [0.717, 1.165) is 17.1 Å². The highest BCUT2D eigenvalue weighted by Gasteiger charge is 2.16. The van der Waals surface area contributed by atoms with Crippen LogP contribution in [0.3, 0.4) is 0 Å². The average Bonchev–Trinajstić information content (AvgIpc) is 3.27. The van der Waals surface area contributed by atoms with E-state index in [1.807, 2.05) is 6.92 Å². The SMILES string of the molecule is Cc1ccc(Cc2sc(CNC(=O)c3ccc4c(c3)OCO4)nc2C)cc1. The van der Waals surface area contributed by atoms with E-state index in [-0.39, 0.29) is 12.7 Å². The maximum absolute atomic E-state index is 12.4. The van der Waals surface area contributed by atoms with Crippen LogP contribution in [-0.4, -0.2) is 17.7 Å². The number of amides is 1. The first-order chi connectivity index (χ1) is 13.1. The fraction of sp³-hybridized carbons (Fsp3) is 0.238. The zero-order valence-corrected chi connectivity index (χ0v) is 16.1. The maximum Gasteiger partial charge on any atom is 0.251 e. The van der Waals surface area contributed by atoms with E-state index in [1.165, 1.54) is 16.0 Å². The smallest absolute Gasteiger partial charge is 0.251 e. The van der Waals surface area contributed by atoms with Gasteiger partial charge in [0.2, 0.25) is 6.79 Å². The van der Waals surface area contributed by atoms with Crippen molar-refractivity contribution in [2.75, 3.05) is 6.79 Å². The van der Waals surface area contributed by atoms with E-state index < -0.39 is 0 Å². The van der Waals surface area contributed by atoms with Gasteiger partial charge in [-0.05, 0) is 37.6 Å². The summed E-state index contributed by atoms with van der Waals surface area (Å²) < 4.78 is 10.6. The number of hydrogen-bond acceptors (Lipinski definition) is 5. The molecule has 3 aromatic rings. The minimum absolute atomic E-state index is 0.152. The summed E-state index contributed by atoms with van der Waals surface area (Å²) in [5.74, 6) is 1.12. The van der Waals surface area contributed by atoms with Gasteiger partial charge in [-0.15, -0.1) is 11.3 Å². The highest BCUT2D eigenvalue weighted by Crippen LogP contribution is 2.32. The molecular formula is C21H20N2O3S. The van der Waals surface area contributed by atoms with E-state index in [1.54, 1.807) is 29.5 Å². The number of thiazole rings is 1. The maximum atomic E-state index is 12.4. The molecule has 27 heavy (non-hydrogen) atoms. The lowest BCUT2D eigenvalue weighted by molar-refractivity contribution is 0.0950. The average molecular weight is 380 g/mol. The molecule has 5 nitrogen and oxygen atoms in total. The Hall–Kier alpha value is -2.86. The van der Waals surface area contributed by atoms with Crippen LogP contribution in [0.4, 0.5) is 0 Å². The second kappa shape index (κ2) is 7.40. The summed E-state index contributed by atoms with van der Waals surface area (Å²) in [4.78, 5) is 18.2. The fourth-order valence-electron chi connectivity index (χ4n) is 2.91. The Kier molecular flexibility index (Phi) is 4.81. The summed E-state index contributed by atoms with van der Waals surface area (Å²) in [5.41, 5.74) is 4.09. The Balaban J connectivity index is 1.40. The Morgan fingerprint density at radius 3 is 2.70 bits per heavy atom. The molecule has 0 aliphatic carbocycles. The van der Waals surface area contributed by atoms with Crippen molar-refractivity contribution in [3.63, 3.8) is 0 Å². The van der Waals surface area contributed by atoms with Crippen LogP contribution in [0.15, 0.2) is 42.5 Å². The van der Waals surface area contributed by atoms with Crippen LogP contribution in [0.2, 0.25) is 0 Å². The molecule has 1 aliphatic rings. The first-order valence-corrected chi connectivity index (χ1v) is 9.59. The molecule has 0 atom stereocenters. The Bertz CT molecular complexity index is 980. The normalized spacial score (nSPS) is 12.2. The monoisotopic (exact) mass is 380 g/mol. The van der Waals surface area contributed by atoms with Crippen LogP contribution >= 0.6 is 11.3 Å². The van der Waals surface area contributed by atoms with Crippen LogP contribution in [0, 0.1) is 13.8 Å². The van der Waals surface area contributed by atoms with Crippen LogP contribution in [0.25, 0.3) is 0 Å². The molecule has 0 saturated heterocycles. The van der Waals surface area contributed by atoms with Crippen LogP contribution in [0.1, 0.15) is 37.1 Å².